The van der Waals surface area contributed by atoms with E-state index < -0.39 is 6.04 Å². The number of halogens is 1. The second-order valence-electron chi connectivity index (χ2n) is 5.34. The highest BCUT2D eigenvalue weighted by molar-refractivity contribution is 5.85. The number of aromatic nitrogens is 2. The summed E-state index contributed by atoms with van der Waals surface area (Å²) < 4.78 is 5.24. The van der Waals surface area contributed by atoms with E-state index >= 15 is 0 Å². The maximum Gasteiger partial charge on any atom is 0.248 e. The van der Waals surface area contributed by atoms with Crippen LogP contribution < -0.4 is 11.1 Å². The fourth-order valence-electron chi connectivity index (χ4n) is 2.36. The molecule has 3 N–H and O–H groups in total. The number of nitrogens with one attached hydrogen (secondary N) is 1. The summed E-state index contributed by atoms with van der Waals surface area (Å²) in [5.74, 6) is 1.42. The summed E-state index contributed by atoms with van der Waals surface area (Å²) in [6.07, 6.45) is 6.00. The SMILES string of the molecule is CC(NC(=O)[C@H](C)N)c1nc(C2CCCCC2)no1.Cl. The molecule has 0 aromatic carbocycles. The van der Waals surface area contributed by atoms with Crippen LogP contribution in [0.2, 0.25) is 0 Å². The predicted octanol–water partition coefficient (Wildman–Crippen LogP) is 2.06. The van der Waals surface area contributed by atoms with E-state index in [9.17, 15) is 4.79 Å². The molecule has 1 aromatic rings. The van der Waals surface area contributed by atoms with Crippen molar-refractivity contribution < 1.29 is 9.32 Å². The summed E-state index contributed by atoms with van der Waals surface area (Å²) in [6.45, 7) is 3.46. The van der Waals surface area contributed by atoms with E-state index in [0.29, 0.717) is 11.8 Å². The lowest BCUT2D eigenvalue weighted by atomic mass is 9.89. The van der Waals surface area contributed by atoms with Crippen molar-refractivity contribution in [3.63, 3.8) is 0 Å². The van der Waals surface area contributed by atoms with Crippen molar-refractivity contribution in [1.29, 1.82) is 0 Å². The molecule has 114 valence electrons. The van der Waals surface area contributed by atoms with Gasteiger partial charge in [-0.25, -0.2) is 0 Å². The molecule has 0 bridgehead atoms. The van der Waals surface area contributed by atoms with Gasteiger partial charge >= 0.3 is 0 Å². The molecule has 1 aliphatic rings. The molecule has 7 heteroatoms. The van der Waals surface area contributed by atoms with E-state index in [1.165, 1.54) is 19.3 Å². The molecule has 0 radical (unpaired) electrons. The van der Waals surface area contributed by atoms with E-state index in [4.69, 9.17) is 10.3 Å². The first-order valence-corrected chi connectivity index (χ1v) is 6.97. The van der Waals surface area contributed by atoms with Gasteiger partial charge < -0.3 is 15.6 Å². The number of hydrogen-bond donors (Lipinski definition) is 2. The van der Waals surface area contributed by atoms with Gasteiger partial charge in [-0.2, -0.15) is 4.98 Å². The van der Waals surface area contributed by atoms with Gasteiger partial charge in [0.1, 0.15) is 6.04 Å². The first-order valence-electron chi connectivity index (χ1n) is 6.97. The molecule has 2 rings (SSSR count). The van der Waals surface area contributed by atoms with Gasteiger partial charge in [-0.05, 0) is 26.7 Å². The summed E-state index contributed by atoms with van der Waals surface area (Å²) in [5, 5.41) is 6.80. The third kappa shape index (κ3) is 4.18. The van der Waals surface area contributed by atoms with Crippen molar-refractivity contribution in [2.75, 3.05) is 0 Å². The normalized spacial score (nSPS) is 18.9. The van der Waals surface area contributed by atoms with E-state index in [2.05, 4.69) is 15.5 Å². The Morgan fingerprint density at radius 1 is 1.35 bits per heavy atom. The van der Waals surface area contributed by atoms with Crippen molar-refractivity contribution in [3.8, 4) is 0 Å². The Morgan fingerprint density at radius 3 is 2.60 bits per heavy atom. The van der Waals surface area contributed by atoms with Crippen LogP contribution in [0.5, 0.6) is 0 Å². The average Bonchev–Trinajstić information content (AvgIpc) is 2.89. The molecule has 1 aromatic heterocycles. The van der Waals surface area contributed by atoms with E-state index in [-0.39, 0.29) is 24.4 Å². The largest absolute Gasteiger partial charge is 0.343 e. The molecule has 1 amide bonds. The minimum Gasteiger partial charge on any atom is -0.343 e. The standard InChI is InChI=1S/C13H22N4O2.ClH/c1-8(14)12(18)15-9(2)13-16-11(17-19-13)10-6-4-3-5-7-10;/h8-10H,3-7,14H2,1-2H3,(H,15,18);1H/t8-,9?;/m0./s1. The quantitative estimate of drug-likeness (QED) is 0.888. The van der Waals surface area contributed by atoms with Gasteiger partial charge in [0.15, 0.2) is 5.82 Å². The second-order valence-corrected chi connectivity index (χ2v) is 5.34. The zero-order chi connectivity index (χ0) is 13.8. The molecule has 0 saturated heterocycles. The highest BCUT2D eigenvalue weighted by Gasteiger charge is 2.23. The first-order chi connectivity index (χ1) is 9.08. The van der Waals surface area contributed by atoms with Crippen LogP contribution in [0.3, 0.4) is 0 Å². The lowest BCUT2D eigenvalue weighted by molar-refractivity contribution is -0.122. The minimum atomic E-state index is -0.539. The van der Waals surface area contributed by atoms with Crippen LogP contribution in [-0.2, 0) is 4.79 Å². The minimum absolute atomic E-state index is 0. The lowest BCUT2D eigenvalue weighted by Gasteiger charge is -2.17. The van der Waals surface area contributed by atoms with Gasteiger partial charge in [-0.1, -0.05) is 24.4 Å². The van der Waals surface area contributed by atoms with Crippen LogP contribution in [-0.4, -0.2) is 22.1 Å². The molecular weight excluding hydrogens is 280 g/mol. The van der Waals surface area contributed by atoms with Gasteiger partial charge in [0, 0.05) is 5.92 Å². The number of nitrogens with two attached hydrogens (primary N) is 1. The number of carbonyl (C=O) groups excluding carboxylic acids is 1. The second kappa shape index (κ2) is 7.59. The average molecular weight is 303 g/mol. The highest BCUT2D eigenvalue weighted by Crippen LogP contribution is 2.31. The lowest BCUT2D eigenvalue weighted by Crippen LogP contribution is -2.39. The van der Waals surface area contributed by atoms with E-state index in [1.54, 1.807) is 6.92 Å². The van der Waals surface area contributed by atoms with Crippen LogP contribution in [0.1, 0.15) is 69.6 Å². The zero-order valence-electron chi connectivity index (χ0n) is 12.0. The molecular formula is C13H23ClN4O2. The summed E-state index contributed by atoms with van der Waals surface area (Å²) >= 11 is 0. The Labute approximate surface area is 125 Å². The number of rotatable bonds is 4. The van der Waals surface area contributed by atoms with Gasteiger partial charge in [0.05, 0.1) is 6.04 Å². The summed E-state index contributed by atoms with van der Waals surface area (Å²) in [7, 11) is 0. The third-order valence-corrected chi connectivity index (χ3v) is 3.57. The molecule has 6 nitrogen and oxygen atoms in total. The predicted molar refractivity (Wildman–Crippen MR) is 77.6 cm³/mol. The molecule has 1 heterocycles. The number of carbonyl (C=O) groups is 1. The van der Waals surface area contributed by atoms with E-state index in [0.717, 1.165) is 18.7 Å². The maximum absolute atomic E-state index is 11.5. The van der Waals surface area contributed by atoms with Gasteiger partial charge in [-0.15, -0.1) is 12.4 Å². The molecule has 0 spiro atoms. The molecule has 1 fully saturated rings. The zero-order valence-corrected chi connectivity index (χ0v) is 12.8. The van der Waals surface area contributed by atoms with Crippen LogP contribution in [0, 0.1) is 0 Å². The van der Waals surface area contributed by atoms with E-state index in [1.807, 2.05) is 6.92 Å². The van der Waals surface area contributed by atoms with Crippen molar-refractivity contribution in [2.45, 2.75) is 64.0 Å². The number of nitrogens with zero attached hydrogens (tertiary/aromatic N) is 2. The third-order valence-electron chi connectivity index (χ3n) is 3.57. The Morgan fingerprint density at radius 2 is 2.00 bits per heavy atom. The highest BCUT2D eigenvalue weighted by atomic mass is 35.5. The van der Waals surface area contributed by atoms with Gasteiger partial charge in [-0.3, -0.25) is 4.79 Å². The molecule has 1 unspecified atom stereocenters. The Hall–Kier alpha value is -1.14. The van der Waals surface area contributed by atoms with Crippen LogP contribution in [0.15, 0.2) is 4.52 Å². The maximum atomic E-state index is 11.5. The van der Waals surface area contributed by atoms with Crippen LogP contribution in [0.25, 0.3) is 0 Å². The Balaban J connectivity index is 0.00000200. The smallest absolute Gasteiger partial charge is 0.248 e. The van der Waals surface area contributed by atoms with Gasteiger partial charge in [0.2, 0.25) is 11.8 Å². The summed E-state index contributed by atoms with van der Waals surface area (Å²) in [4.78, 5) is 15.9. The summed E-state index contributed by atoms with van der Waals surface area (Å²) in [5.41, 5.74) is 5.51. The molecule has 2 atom stereocenters. The fourth-order valence-corrected chi connectivity index (χ4v) is 2.36. The van der Waals surface area contributed by atoms with Crippen molar-refractivity contribution in [2.24, 2.45) is 5.73 Å². The van der Waals surface area contributed by atoms with Gasteiger partial charge in [0.25, 0.3) is 0 Å². The Bertz CT molecular complexity index is 430. The monoisotopic (exact) mass is 302 g/mol. The Kier molecular flexibility index (Phi) is 6.42. The van der Waals surface area contributed by atoms with Crippen molar-refractivity contribution >= 4 is 18.3 Å². The first kappa shape index (κ1) is 16.9. The van der Waals surface area contributed by atoms with Crippen molar-refractivity contribution in [1.82, 2.24) is 15.5 Å². The topological polar surface area (TPSA) is 94.0 Å². The molecule has 20 heavy (non-hydrogen) atoms. The molecule has 1 saturated carbocycles. The van der Waals surface area contributed by atoms with Crippen LogP contribution >= 0.6 is 12.4 Å². The van der Waals surface area contributed by atoms with Crippen molar-refractivity contribution in [3.05, 3.63) is 11.7 Å². The fraction of sp³-hybridized carbons (Fsp3) is 0.769. The number of hydrogen-bond acceptors (Lipinski definition) is 5. The van der Waals surface area contributed by atoms with Crippen LogP contribution in [0.4, 0.5) is 0 Å². The molecule has 1 aliphatic carbocycles. The summed E-state index contributed by atoms with van der Waals surface area (Å²) in [6, 6.07) is -0.841. The number of amides is 1. The molecule has 0 aliphatic heterocycles.